The van der Waals surface area contributed by atoms with Crippen LogP contribution in [-0.2, 0) is 6.42 Å². The van der Waals surface area contributed by atoms with E-state index in [0.717, 1.165) is 10.9 Å². The van der Waals surface area contributed by atoms with Crippen LogP contribution in [0.5, 0.6) is 0 Å². The van der Waals surface area contributed by atoms with E-state index in [4.69, 9.17) is 0 Å². The van der Waals surface area contributed by atoms with Gasteiger partial charge in [0, 0.05) is 10.2 Å². The fraction of sp³-hybridized carbons (Fsp3) is 0.200. The van der Waals surface area contributed by atoms with E-state index in [-0.39, 0.29) is 0 Å². The molecule has 0 aromatic heterocycles. The first-order valence-corrected chi connectivity index (χ1v) is 6.64. The van der Waals surface area contributed by atoms with Gasteiger partial charge in [-0.3, -0.25) is 0 Å². The van der Waals surface area contributed by atoms with Crippen LogP contribution in [0.25, 0.3) is 0 Å². The summed E-state index contributed by atoms with van der Waals surface area (Å²) in [6.45, 7) is 2.18. The zero-order valence-corrected chi connectivity index (χ0v) is 11.3. The van der Waals surface area contributed by atoms with Crippen LogP contribution < -0.4 is 5.32 Å². The molecule has 17 heavy (non-hydrogen) atoms. The number of aryl methyl sites for hydroxylation is 1. The lowest BCUT2D eigenvalue weighted by atomic mass is 10.0. The van der Waals surface area contributed by atoms with Gasteiger partial charge in [0.15, 0.2) is 0 Å². The number of halogens is 1. The highest BCUT2D eigenvalue weighted by molar-refractivity contribution is 9.10. The van der Waals surface area contributed by atoms with Crippen LogP contribution in [0.15, 0.2) is 46.9 Å². The van der Waals surface area contributed by atoms with Gasteiger partial charge in [-0.1, -0.05) is 40.2 Å². The third-order valence-electron chi connectivity index (χ3n) is 3.42. The van der Waals surface area contributed by atoms with Crippen molar-refractivity contribution in [2.24, 2.45) is 0 Å². The Morgan fingerprint density at radius 2 is 1.88 bits per heavy atom. The maximum absolute atomic E-state index is 3.60. The molecule has 86 valence electrons. The minimum Gasteiger partial charge on any atom is -0.378 e. The number of rotatable bonds is 1. The summed E-state index contributed by atoms with van der Waals surface area (Å²) in [7, 11) is 0. The first-order valence-electron chi connectivity index (χ1n) is 5.84. The van der Waals surface area contributed by atoms with Crippen molar-refractivity contribution >= 4 is 21.6 Å². The molecule has 0 amide bonds. The highest BCUT2D eigenvalue weighted by Crippen LogP contribution is 2.35. The van der Waals surface area contributed by atoms with Gasteiger partial charge in [0.25, 0.3) is 0 Å². The molecule has 2 aromatic rings. The molecule has 1 aliphatic heterocycles. The molecule has 0 saturated heterocycles. The lowest BCUT2D eigenvalue weighted by Crippen LogP contribution is -2.05. The van der Waals surface area contributed by atoms with Crippen LogP contribution in [0.4, 0.5) is 5.69 Å². The second-order valence-electron chi connectivity index (χ2n) is 4.55. The van der Waals surface area contributed by atoms with Crippen molar-refractivity contribution < 1.29 is 0 Å². The van der Waals surface area contributed by atoms with E-state index < -0.39 is 0 Å². The highest BCUT2D eigenvalue weighted by Gasteiger charge is 2.22. The summed E-state index contributed by atoms with van der Waals surface area (Å²) in [4.78, 5) is 0. The smallest absolute Gasteiger partial charge is 0.0555 e. The Hall–Kier alpha value is -1.28. The van der Waals surface area contributed by atoms with E-state index in [1.807, 2.05) is 0 Å². The number of nitrogens with one attached hydrogen (secondary N) is 1. The fourth-order valence-corrected chi connectivity index (χ4v) is 2.71. The molecule has 0 saturated carbocycles. The Labute approximate surface area is 110 Å². The van der Waals surface area contributed by atoms with Gasteiger partial charge in [-0.2, -0.15) is 0 Å². The van der Waals surface area contributed by atoms with Gasteiger partial charge >= 0.3 is 0 Å². The lowest BCUT2D eigenvalue weighted by molar-refractivity contribution is 0.821. The van der Waals surface area contributed by atoms with Crippen LogP contribution in [0.2, 0.25) is 0 Å². The van der Waals surface area contributed by atoms with Gasteiger partial charge in [0.05, 0.1) is 6.04 Å². The number of hydrogen-bond acceptors (Lipinski definition) is 1. The predicted octanol–water partition coefficient (Wildman–Crippen LogP) is 4.47. The third-order valence-corrected chi connectivity index (χ3v) is 3.95. The van der Waals surface area contributed by atoms with Crippen molar-refractivity contribution in [3.05, 3.63) is 63.6 Å². The van der Waals surface area contributed by atoms with Crippen LogP contribution in [0.3, 0.4) is 0 Å². The molecule has 0 spiro atoms. The maximum atomic E-state index is 3.60. The first kappa shape index (κ1) is 10.8. The van der Waals surface area contributed by atoms with Gasteiger partial charge < -0.3 is 5.32 Å². The summed E-state index contributed by atoms with van der Waals surface area (Å²) in [5, 5.41) is 3.60. The van der Waals surface area contributed by atoms with Crippen molar-refractivity contribution in [1.29, 1.82) is 0 Å². The Morgan fingerprint density at radius 1 is 1.12 bits per heavy atom. The third kappa shape index (κ3) is 1.98. The molecular weight excluding hydrogens is 274 g/mol. The van der Waals surface area contributed by atoms with Gasteiger partial charge in [0.2, 0.25) is 0 Å². The lowest BCUT2D eigenvalue weighted by Gasteiger charge is -2.11. The van der Waals surface area contributed by atoms with Crippen molar-refractivity contribution in [2.75, 3.05) is 5.32 Å². The molecule has 1 unspecified atom stereocenters. The quantitative estimate of drug-likeness (QED) is 0.816. The van der Waals surface area contributed by atoms with Gasteiger partial charge in [-0.25, -0.2) is 0 Å². The van der Waals surface area contributed by atoms with E-state index >= 15 is 0 Å². The topological polar surface area (TPSA) is 12.0 Å². The molecule has 1 N–H and O–H groups in total. The Balaban J connectivity index is 1.91. The molecule has 1 aliphatic rings. The highest BCUT2D eigenvalue weighted by atomic mass is 79.9. The Bertz CT molecular complexity index is 545. The van der Waals surface area contributed by atoms with Gasteiger partial charge in [-0.15, -0.1) is 0 Å². The van der Waals surface area contributed by atoms with Crippen LogP contribution in [0.1, 0.15) is 22.7 Å². The van der Waals surface area contributed by atoms with Crippen molar-refractivity contribution in [1.82, 2.24) is 0 Å². The molecule has 1 atom stereocenters. The molecule has 0 fully saturated rings. The van der Waals surface area contributed by atoms with E-state index in [1.165, 1.54) is 22.4 Å². The predicted molar refractivity (Wildman–Crippen MR) is 75.4 cm³/mol. The normalized spacial score (nSPS) is 17.6. The molecule has 0 aliphatic carbocycles. The minimum absolute atomic E-state index is 0.416. The SMILES string of the molecule is Cc1cccc2c1CC(c1ccc(Br)cc1)N2. The number of benzene rings is 2. The second kappa shape index (κ2) is 4.19. The minimum atomic E-state index is 0.416. The summed E-state index contributed by atoms with van der Waals surface area (Å²) in [6, 6.07) is 15.5. The van der Waals surface area contributed by atoms with E-state index in [9.17, 15) is 0 Å². The molecule has 1 nitrogen and oxygen atoms in total. The molecule has 1 heterocycles. The van der Waals surface area contributed by atoms with Crippen LogP contribution in [-0.4, -0.2) is 0 Å². The summed E-state index contributed by atoms with van der Waals surface area (Å²) in [5.74, 6) is 0. The molecular formula is C15H14BrN. The van der Waals surface area contributed by atoms with Crippen LogP contribution in [0, 0.1) is 6.92 Å². The molecule has 2 aromatic carbocycles. The standard InChI is InChI=1S/C15H14BrN/c1-10-3-2-4-14-13(10)9-15(17-14)11-5-7-12(16)8-6-11/h2-8,15,17H,9H2,1H3. The van der Waals surface area contributed by atoms with Crippen LogP contribution >= 0.6 is 15.9 Å². The molecule has 0 bridgehead atoms. The van der Waals surface area contributed by atoms with Gasteiger partial charge in [0.1, 0.15) is 0 Å². The first-order chi connectivity index (χ1) is 8.24. The zero-order valence-electron chi connectivity index (χ0n) is 9.70. The average molecular weight is 288 g/mol. The summed E-state index contributed by atoms with van der Waals surface area (Å²) in [6.07, 6.45) is 1.09. The molecule has 2 heteroatoms. The monoisotopic (exact) mass is 287 g/mol. The largest absolute Gasteiger partial charge is 0.378 e. The number of hydrogen-bond donors (Lipinski definition) is 1. The van der Waals surface area contributed by atoms with E-state index in [2.05, 4.69) is 70.6 Å². The van der Waals surface area contributed by atoms with E-state index in [0.29, 0.717) is 6.04 Å². The maximum Gasteiger partial charge on any atom is 0.0555 e. The van der Waals surface area contributed by atoms with Crippen molar-refractivity contribution in [3.63, 3.8) is 0 Å². The molecule has 3 rings (SSSR count). The second-order valence-corrected chi connectivity index (χ2v) is 5.47. The Kier molecular flexibility index (Phi) is 2.67. The summed E-state index contributed by atoms with van der Waals surface area (Å²) < 4.78 is 1.13. The van der Waals surface area contributed by atoms with E-state index in [1.54, 1.807) is 0 Å². The van der Waals surface area contributed by atoms with Gasteiger partial charge in [-0.05, 0) is 48.2 Å². The fourth-order valence-electron chi connectivity index (χ4n) is 2.45. The zero-order chi connectivity index (χ0) is 11.8. The average Bonchev–Trinajstić information content (AvgIpc) is 2.75. The summed E-state index contributed by atoms with van der Waals surface area (Å²) >= 11 is 3.47. The van der Waals surface area contributed by atoms with Crippen molar-refractivity contribution in [2.45, 2.75) is 19.4 Å². The van der Waals surface area contributed by atoms with Crippen molar-refractivity contribution in [3.8, 4) is 0 Å². The number of anilines is 1. The summed E-state index contributed by atoms with van der Waals surface area (Å²) in [5.41, 5.74) is 5.48. The molecule has 0 radical (unpaired) electrons. The number of fused-ring (bicyclic) bond motifs is 1. The Morgan fingerprint density at radius 3 is 2.59 bits per heavy atom.